The Bertz CT molecular complexity index is 1050. The van der Waals surface area contributed by atoms with Crippen molar-refractivity contribution in [2.75, 3.05) is 13.2 Å². The molecule has 1 saturated carbocycles. The Hall–Kier alpha value is -2.03. The van der Waals surface area contributed by atoms with Gasteiger partial charge in [-0.3, -0.25) is 9.59 Å². The van der Waals surface area contributed by atoms with Crippen molar-refractivity contribution in [3.63, 3.8) is 0 Å². The first-order valence-corrected chi connectivity index (χ1v) is 9.60. The van der Waals surface area contributed by atoms with Gasteiger partial charge in [0.2, 0.25) is 5.91 Å². The lowest BCUT2D eigenvalue weighted by atomic mass is 9.88. The van der Waals surface area contributed by atoms with Crippen molar-refractivity contribution in [2.24, 2.45) is 5.73 Å². The van der Waals surface area contributed by atoms with E-state index in [9.17, 15) is 22.8 Å². The quantitative estimate of drug-likeness (QED) is 0.479. The van der Waals surface area contributed by atoms with E-state index in [1.165, 1.54) is 6.07 Å². The molecule has 2 aromatic carbocycles. The summed E-state index contributed by atoms with van der Waals surface area (Å²) in [7, 11) is 0. The summed E-state index contributed by atoms with van der Waals surface area (Å²) >= 11 is 18.4. The number of alkyl halides is 3. The first-order valence-electron chi connectivity index (χ1n) is 8.47. The van der Waals surface area contributed by atoms with Crippen LogP contribution in [-0.2, 0) is 10.2 Å². The molecule has 0 spiro atoms. The summed E-state index contributed by atoms with van der Waals surface area (Å²) in [6, 6.07) is 5.03. The summed E-state index contributed by atoms with van der Waals surface area (Å²) in [6.07, 6.45) is 0. The van der Waals surface area contributed by atoms with Crippen molar-refractivity contribution in [1.29, 1.82) is 0 Å². The average molecular weight is 484 g/mol. The van der Waals surface area contributed by atoms with Crippen molar-refractivity contribution in [2.45, 2.75) is 15.7 Å². The summed E-state index contributed by atoms with van der Waals surface area (Å²) < 4.78 is 53.3. The molecule has 30 heavy (non-hydrogen) atoms. The Balaban J connectivity index is 2.19. The second-order valence-electron chi connectivity index (χ2n) is 6.63. The highest BCUT2D eigenvalue weighted by Crippen LogP contribution is 2.74. The third-order valence-corrected chi connectivity index (χ3v) is 6.35. The summed E-state index contributed by atoms with van der Waals surface area (Å²) in [4.78, 5) is 24.6. The minimum Gasteiger partial charge on any atom is -0.369 e. The van der Waals surface area contributed by atoms with Gasteiger partial charge in [-0.05, 0) is 23.8 Å². The van der Waals surface area contributed by atoms with E-state index >= 15 is 4.39 Å². The van der Waals surface area contributed by atoms with Crippen LogP contribution < -0.4 is 11.1 Å². The SMILES string of the molecule is NC(=O)C1(c2ccc(F)c(C(=O)NCCF)c2F)C(c2ccc(F)c(Cl)c2)C1(Cl)Cl. The minimum absolute atomic E-state index is 0.178. The summed E-state index contributed by atoms with van der Waals surface area (Å²) in [5.41, 5.74) is 2.02. The van der Waals surface area contributed by atoms with Crippen molar-refractivity contribution in [3.05, 3.63) is 69.5 Å². The number of amides is 2. The van der Waals surface area contributed by atoms with E-state index in [1.807, 2.05) is 5.32 Å². The molecule has 0 bridgehead atoms. The average Bonchev–Trinajstić information content (AvgIpc) is 3.19. The fourth-order valence-corrected chi connectivity index (χ4v) is 4.91. The molecule has 2 unspecified atom stereocenters. The Morgan fingerprint density at radius 1 is 1.10 bits per heavy atom. The smallest absolute Gasteiger partial charge is 0.257 e. The molecular formula is C19H13Cl3F4N2O2. The number of nitrogens with one attached hydrogen (secondary N) is 1. The summed E-state index contributed by atoms with van der Waals surface area (Å²) in [5.74, 6) is -6.99. The Labute approximate surface area is 183 Å². The van der Waals surface area contributed by atoms with Gasteiger partial charge in [0.1, 0.15) is 39.4 Å². The summed E-state index contributed by atoms with van der Waals surface area (Å²) in [6.45, 7) is -1.44. The van der Waals surface area contributed by atoms with Crippen LogP contribution in [0.2, 0.25) is 5.02 Å². The molecule has 160 valence electrons. The maximum Gasteiger partial charge on any atom is 0.257 e. The van der Waals surface area contributed by atoms with E-state index in [2.05, 4.69) is 0 Å². The topological polar surface area (TPSA) is 72.2 Å². The van der Waals surface area contributed by atoms with Crippen LogP contribution in [0.3, 0.4) is 0 Å². The molecule has 0 radical (unpaired) electrons. The van der Waals surface area contributed by atoms with Gasteiger partial charge in [0.25, 0.3) is 5.91 Å². The number of halogens is 7. The van der Waals surface area contributed by atoms with Gasteiger partial charge in [-0.1, -0.05) is 46.9 Å². The van der Waals surface area contributed by atoms with Gasteiger partial charge in [-0.2, -0.15) is 0 Å². The first kappa shape index (κ1) is 22.7. The van der Waals surface area contributed by atoms with Gasteiger partial charge in [0.15, 0.2) is 0 Å². The highest BCUT2D eigenvalue weighted by atomic mass is 35.5. The Morgan fingerprint density at radius 3 is 2.30 bits per heavy atom. The van der Waals surface area contributed by atoms with E-state index in [0.29, 0.717) is 0 Å². The Kier molecular flexibility index (Phi) is 5.97. The highest BCUT2D eigenvalue weighted by molar-refractivity contribution is 6.55. The van der Waals surface area contributed by atoms with Crippen molar-refractivity contribution < 1.29 is 27.2 Å². The minimum atomic E-state index is -2.11. The predicted molar refractivity (Wildman–Crippen MR) is 104 cm³/mol. The lowest BCUT2D eigenvalue weighted by Gasteiger charge is -2.18. The second kappa shape index (κ2) is 7.90. The number of hydrogen-bond acceptors (Lipinski definition) is 2. The Morgan fingerprint density at radius 2 is 1.73 bits per heavy atom. The number of carbonyl (C=O) groups is 2. The van der Waals surface area contributed by atoms with E-state index in [0.717, 1.165) is 24.3 Å². The van der Waals surface area contributed by atoms with Crippen LogP contribution in [0.25, 0.3) is 0 Å². The second-order valence-corrected chi connectivity index (χ2v) is 8.42. The van der Waals surface area contributed by atoms with E-state index in [-0.39, 0.29) is 10.6 Å². The van der Waals surface area contributed by atoms with Gasteiger partial charge >= 0.3 is 0 Å². The van der Waals surface area contributed by atoms with Gasteiger partial charge in [-0.15, -0.1) is 0 Å². The zero-order valence-corrected chi connectivity index (χ0v) is 17.2. The van der Waals surface area contributed by atoms with Gasteiger partial charge in [0, 0.05) is 18.0 Å². The molecule has 3 rings (SSSR count). The number of primary amides is 1. The van der Waals surface area contributed by atoms with Crippen LogP contribution in [0.15, 0.2) is 30.3 Å². The molecule has 0 aromatic heterocycles. The monoisotopic (exact) mass is 482 g/mol. The fourth-order valence-electron chi connectivity index (χ4n) is 3.64. The lowest BCUT2D eigenvalue weighted by molar-refractivity contribution is -0.120. The van der Waals surface area contributed by atoms with E-state index in [4.69, 9.17) is 40.5 Å². The van der Waals surface area contributed by atoms with Gasteiger partial charge < -0.3 is 11.1 Å². The summed E-state index contributed by atoms with van der Waals surface area (Å²) in [5, 5.41) is 1.70. The molecule has 0 saturated heterocycles. The number of benzene rings is 2. The molecule has 2 aromatic rings. The van der Waals surface area contributed by atoms with Gasteiger partial charge in [-0.25, -0.2) is 17.6 Å². The number of carbonyl (C=O) groups excluding carboxylic acids is 2. The zero-order valence-electron chi connectivity index (χ0n) is 14.9. The molecule has 1 aliphatic rings. The first-order chi connectivity index (χ1) is 14.0. The van der Waals surface area contributed by atoms with Crippen LogP contribution in [-0.4, -0.2) is 29.4 Å². The number of nitrogens with two attached hydrogens (primary N) is 1. The largest absolute Gasteiger partial charge is 0.369 e. The highest BCUT2D eigenvalue weighted by Gasteiger charge is 2.81. The molecule has 2 atom stereocenters. The maximum atomic E-state index is 15.3. The molecule has 11 heteroatoms. The molecule has 1 aliphatic carbocycles. The molecule has 2 amide bonds. The normalized spacial score (nSPS) is 21.9. The standard InChI is InChI=1S/C19H13Cl3F4N2O2/c20-10-7-8(1-3-11(10)24)15-18(17(27)30,19(15,21)22)9-2-4-12(25)13(14(9)26)16(29)28-6-5-23/h1-4,7,15H,5-6H2,(H2,27,30)(H,28,29). The number of hydrogen-bond donors (Lipinski definition) is 2. The maximum absolute atomic E-state index is 15.3. The van der Waals surface area contributed by atoms with Crippen LogP contribution in [0.5, 0.6) is 0 Å². The fraction of sp³-hybridized carbons (Fsp3) is 0.263. The van der Waals surface area contributed by atoms with Crippen LogP contribution in [0.4, 0.5) is 17.6 Å². The molecular weight excluding hydrogens is 471 g/mol. The third kappa shape index (κ3) is 3.21. The number of rotatable bonds is 6. The van der Waals surface area contributed by atoms with Crippen molar-refractivity contribution >= 4 is 46.6 Å². The van der Waals surface area contributed by atoms with Crippen LogP contribution in [0.1, 0.15) is 27.4 Å². The van der Waals surface area contributed by atoms with Crippen LogP contribution in [0, 0.1) is 17.5 Å². The third-order valence-electron chi connectivity index (χ3n) is 5.03. The lowest BCUT2D eigenvalue weighted by Crippen LogP contribution is -2.36. The van der Waals surface area contributed by atoms with Crippen molar-refractivity contribution in [3.8, 4) is 0 Å². The predicted octanol–water partition coefficient (Wildman–Crippen LogP) is 4.15. The van der Waals surface area contributed by atoms with E-state index in [1.54, 1.807) is 0 Å². The van der Waals surface area contributed by atoms with Crippen LogP contribution >= 0.6 is 34.8 Å². The zero-order chi connectivity index (χ0) is 22.4. The molecule has 3 N–H and O–H groups in total. The molecule has 1 fully saturated rings. The van der Waals surface area contributed by atoms with Crippen molar-refractivity contribution in [1.82, 2.24) is 5.32 Å². The molecule has 0 aliphatic heterocycles. The molecule has 0 heterocycles. The molecule has 4 nitrogen and oxygen atoms in total. The van der Waals surface area contributed by atoms with Gasteiger partial charge in [0.05, 0.1) is 5.02 Å². The van der Waals surface area contributed by atoms with E-state index < -0.39 is 69.3 Å².